The summed E-state index contributed by atoms with van der Waals surface area (Å²) in [4.78, 5) is 0. The van der Waals surface area contributed by atoms with Crippen molar-refractivity contribution in [3.8, 4) is 0 Å². The van der Waals surface area contributed by atoms with Gasteiger partial charge in [-0.1, -0.05) is 3.52 Å². The van der Waals surface area contributed by atoms with Gasteiger partial charge in [0.2, 0.25) is 0 Å². The van der Waals surface area contributed by atoms with Gasteiger partial charge in [-0.25, -0.2) is 0 Å². The Balaban J connectivity index is 4.14. The maximum absolute atomic E-state index is 5.64. The lowest BCUT2D eigenvalue weighted by atomic mass is 10.6. The van der Waals surface area contributed by atoms with Crippen LogP contribution in [0.15, 0.2) is 0 Å². The molecule has 0 unspecified atom stereocenters. The zero-order valence-corrected chi connectivity index (χ0v) is 8.19. The van der Waals surface area contributed by atoms with E-state index in [0.29, 0.717) is 6.54 Å². The highest BCUT2D eigenvalue weighted by molar-refractivity contribution is 6.49. The predicted octanol–water partition coefficient (Wildman–Crippen LogP) is 3.28. The van der Waals surface area contributed by atoms with Crippen LogP contribution in [0, 0.1) is 0 Å². The third kappa shape index (κ3) is 2.69. The van der Waals surface area contributed by atoms with Crippen molar-refractivity contribution < 1.29 is 3.52 Å². The van der Waals surface area contributed by atoms with E-state index in [-0.39, 0.29) is 0 Å². The standard InChI is InChI=1S/C4H8Cl4N/c1-3-9(7,8)4(2,5)6/h3H2,1-2H3/q+1. The first-order chi connectivity index (χ1) is 3.81. The molecule has 0 aromatic heterocycles. The van der Waals surface area contributed by atoms with Gasteiger partial charge in [-0.05, 0) is 30.1 Å². The molecule has 1 nitrogen and oxygen atoms in total. The van der Waals surface area contributed by atoms with Crippen molar-refractivity contribution >= 4 is 46.8 Å². The molecular formula is C4H8Cl4N+. The van der Waals surface area contributed by atoms with E-state index in [0.717, 1.165) is 0 Å². The largest absolute Gasteiger partial charge is 0.281 e. The quantitative estimate of drug-likeness (QED) is 0.374. The van der Waals surface area contributed by atoms with Gasteiger partial charge in [0, 0.05) is 6.92 Å². The van der Waals surface area contributed by atoms with Crippen molar-refractivity contribution in [2.24, 2.45) is 0 Å². The van der Waals surface area contributed by atoms with Crippen molar-refractivity contribution in [3.05, 3.63) is 0 Å². The monoisotopic (exact) mass is 210 g/mol. The zero-order valence-electron chi connectivity index (χ0n) is 5.17. The molecule has 0 N–H and O–H groups in total. The first-order valence-electron chi connectivity index (χ1n) is 2.46. The summed E-state index contributed by atoms with van der Waals surface area (Å²) in [6.45, 7) is 3.80. The van der Waals surface area contributed by atoms with Crippen LogP contribution in [0.3, 0.4) is 0 Å². The minimum absolute atomic E-state index is 0.434. The number of halogens is 4. The first-order valence-corrected chi connectivity index (χ1v) is 3.90. The summed E-state index contributed by atoms with van der Waals surface area (Å²) >= 11 is 22.5. The zero-order chi connectivity index (χ0) is 7.71. The lowest BCUT2D eigenvalue weighted by Crippen LogP contribution is -2.40. The van der Waals surface area contributed by atoms with E-state index in [9.17, 15) is 0 Å². The van der Waals surface area contributed by atoms with E-state index in [2.05, 4.69) is 0 Å². The molecule has 0 aliphatic carbocycles. The minimum atomic E-state index is -1.14. The molecule has 9 heavy (non-hydrogen) atoms. The Labute approximate surface area is 75.2 Å². The highest BCUT2D eigenvalue weighted by Gasteiger charge is 2.43. The second-order valence-electron chi connectivity index (χ2n) is 1.79. The molecule has 5 heteroatoms. The summed E-state index contributed by atoms with van der Waals surface area (Å²) in [6.07, 6.45) is 0. The molecule has 0 atom stereocenters. The van der Waals surface area contributed by atoms with Gasteiger partial charge in [0.1, 0.15) is 6.54 Å². The van der Waals surface area contributed by atoms with Crippen LogP contribution in [0.4, 0.5) is 0 Å². The molecule has 0 bridgehead atoms. The second kappa shape index (κ2) is 3.02. The third-order valence-corrected chi connectivity index (χ3v) is 3.05. The molecule has 0 aromatic rings. The average molecular weight is 212 g/mol. The van der Waals surface area contributed by atoms with Crippen molar-refractivity contribution in [1.29, 1.82) is 0 Å². The molecule has 0 aromatic carbocycles. The fraction of sp³-hybridized carbons (Fsp3) is 1.00. The highest BCUT2D eigenvalue weighted by Crippen LogP contribution is 2.38. The summed E-state index contributed by atoms with van der Waals surface area (Å²) in [5.41, 5.74) is 0. The van der Waals surface area contributed by atoms with Crippen molar-refractivity contribution in [2.75, 3.05) is 6.54 Å². The molecule has 0 aliphatic heterocycles. The maximum atomic E-state index is 5.64. The van der Waals surface area contributed by atoms with E-state index in [1.54, 1.807) is 13.8 Å². The van der Waals surface area contributed by atoms with Gasteiger partial charge in [-0.15, -0.1) is 0 Å². The van der Waals surface area contributed by atoms with Gasteiger partial charge in [-0.3, -0.25) is 0 Å². The Kier molecular flexibility index (Phi) is 3.39. The van der Waals surface area contributed by atoms with Gasteiger partial charge in [0.05, 0.1) is 0 Å². The Bertz CT molecular complexity index is 95.2. The van der Waals surface area contributed by atoms with Crippen LogP contribution >= 0.6 is 46.8 Å². The molecule has 0 rings (SSSR count). The normalized spacial score (nSPS) is 14.0. The van der Waals surface area contributed by atoms with E-state index >= 15 is 0 Å². The highest BCUT2D eigenvalue weighted by atomic mass is 35.6. The Morgan fingerprint density at radius 3 is 1.67 bits per heavy atom. The van der Waals surface area contributed by atoms with Crippen LogP contribution in [0.5, 0.6) is 0 Å². The Morgan fingerprint density at radius 1 is 1.33 bits per heavy atom. The molecule has 0 radical (unpaired) electrons. The van der Waals surface area contributed by atoms with Crippen molar-refractivity contribution in [1.82, 2.24) is 0 Å². The lowest BCUT2D eigenvalue weighted by molar-refractivity contribution is -0.714. The molecular weight excluding hydrogens is 204 g/mol. The topological polar surface area (TPSA) is 0 Å². The third-order valence-electron chi connectivity index (χ3n) is 0.972. The molecule has 0 saturated heterocycles. The second-order valence-corrected chi connectivity index (χ2v) is 4.78. The molecule has 0 amide bonds. The average Bonchev–Trinajstić information content (AvgIpc) is 1.64. The summed E-state index contributed by atoms with van der Waals surface area (Å²) in [6, 6.07) is 0. The number of nitrogens with zero attached hydrogens (tertiary/aromatic N) is 1. The van der Waals surface area contributed by atoms with E-state index < -0.39 is 7.98 Å². The van der Waals surface area contributed by atoms with Crippen LogP contribution in [-0.4, -0.2) is 14.5 Å². The lowest BCUT2D eigenvalue weighted by Gasteiger charge is -2.26. The number of hydrogen-bond acceptors (Lipinski definition) is 0. The predicted molar refractivity (Wildman–Crippen MR) is 42.6 cm³/mol. The van der Waals surface area contributed by atoms with E-state index in [1.165, 1.54) is 0 Å². The Morgan fingerprint density at radius 2 is 1.67 bits per heavy atom. The number of hydrogen-bond donors (Lipinski definition) is 0. The van der Waals surface area contributed by atoms with Gasteiger partial charge in [0.25, 0.3) is 4.46 Å². The SMILES string of the molecule is CC[N+](Cl)(Cl)C(C)(Cl)Cl. The van der Waals surface area contributed by atoms with E-state index in [4.69, 9.17) is 46.8 Å². The van der Waals surface area contributed by atoms with Gasteiger partial charge in [0.15, 0.2) is 23.6 Å². The molecule has 0 spiro atoms. The summed E-state index contributed by atoms with van der Waals surface area (Å²) in [7, 11) is 0. The fourth-order valence-electron chi connectivity index (χ4n) is 0.278. The van der Waals surface area contributed by atoms with Crippen LogP contribution in [0.2, 0.25) is 0 Å². The number of alkyl halides is 2. The fourth-order valence-corrected chi connectivity index (χ4v) is 0.517. The summed E-state index contributed by atoms with van der Waals surface area (Å²) < 4.78 is -1.58. The summed E-state index contributed by atoms with van der Waals surface area (Å²) in [5.74, 6) is 0. The molecule has 0 saturated carbocycles. The molecule has 0 heterocycles. The van der Waals surface area contributed by atoms with Crippen LogP contribution in [-0.2, 0) is 0 Å². The smallest absolute Gasteiger partial charge is 0.0929 e. The van der Waals surface area contributed by atoms with Crippen LogP contribution in [0.25, 0.3) is 0 Å². The van der Waals surface area contributed by atoms with Crippen molar-refractivity contribution in [3.63, 3.8) is 0 Å². The Hall–Kier alpha value is 1.12. The van der Waals surface area contributed by atoms with Gasteiger partial charge in [-0.2, -0.15) is 0 Å². The van der Waals surface area contributed by atoms with Gasteiger partial charge < -0.3 is 0 Å². The minimum Gasteiger partial charge on any atom is -0.0929 e. The van der Waals surface area contributed by atoms with E-state index in [1.807, 2.05) is 0 Å². The van der Waals surface area contributed by atoms with Gasteiger partial charge >= 0.3 is 0 Å². The molecule has 0 aliphatic rings. The van der Waals surface area contributed by atoms with Crippen LogP contribution in [0.1, 0.15) is 13.8 Å². The maximum Gasteiger partial charge on any atom is 0.281 e. The van der Waals surface area contributed by atoms with Crippen LogP contribution < -0.4 is 0 Å². The molecule has 0 fully saturated rings. The first kappa shape index (κ1) is 10.1. The number of quaternary nitrogens is 1. The van der Waals surface area contributed by atoms with Crippen molar-refractivity contribution in [2.45, 2.75) is 18.3 Å². The molecule has 56 valence electrons. The summed E-state index contributed by atoms with van der Waals surface area (Å²) in [5, 5.41) is 0. The number of rotatable bonds is 2.